The average Bonchev–Trinajstić information content (AvgIpc) is 3.25. The van der Waals surface area contributed by atoms with Gasteiger partial charge in [-0.3, -0.25) is 9.59 Å². The van der Waals surface area contributed by atoms with Crippen LogP contribution in [-0.2, 0) is 11.2 Å². The molecule has 0 bridgehead atoms. The van der Waals surface area contributed by atoms with Crippen molar-refractivity contribution in [1.29, 1.82) is 0 Å². The van der Waals surface area contributed by atoms with E-state index in [9.17, 15) is 9.59 Å². The van der Waals surface area contributed by atoms with E-state index in [1.54, 1.807) is 18.0 Å². The molecule has 2 aliphatic heterocycles. The molecule has 1 amide bonds. The number of hydrogen-bond donors (Lipinski definition) is 0. The molecule has 2 aromatic carbocycles. The summed E-state index contributed by atoms with van der Waals surface area (Å²) in [5.41, 5.74) is 2.20. The molecule has 0 aliphatic carbocycles. The van der Waals surface area contributed by atoms with Crippen LogP contribution < -0.4 is 10.5 Å². The fourth-order valence-electron chi connectivity index (χ4n) is 4.09. The van der Waals surface area contributed by atoms with Crippen LogP contribution in [0.25, 0.3) is 5.69 Å². The minimum absolute atomic E-state index is 0.0518. The van der Waals surface area contributed by atoms with Gasteiger partial charge >= 0.3 is 0 Å². The SMILES string of the molecule is O=C(C1Cc2ccccc2S1)N1CCN(c2cnn(-c3ccccc3)c(=O)c2Cl)CC1. The first-order valence-electron chi connectivity index (χ1n) is 10.2. The first-order chi connectivity index (χ1) is 15.1. The van der Waals surface area contributed by atoms with Crippen LogP contribution in [0.1, 0.15) is 5.56 Å². The summed E-state index contributed by atoms with van der Waals surface area (Å²) in [4.78, 5) is 31.0. The van der Waals surface area contributed by atoms with Gasteiger partial charge in [-0.2, -0.15) is 9.78 Å². The lowest BCUT2D eigenvalue weighted by Gasteiger charge is -2.37. The van der Waals surface area contributed by atoms with E-state index in [2.05, 4.69) is 17.2 Å². The number of amides is 1. The van der Waals surface area contributed by atoms with Crippen molar-refractivity contribution >= 4 is 35.0 Å². The van der Waals surface area contributed by atoms with Crippen LogP contribution in [0.2, 0.25) is 5.02 Å². The summed E-state index contributed by atoms with van der Waals surface area (Å²) in [6, 6.07) is 17.4. The van der Waals surface area contributed by atoms with Gasteiger partial charge in [0, 0.05) is 31.1 Å². The fraction of sp³-hybridized carbons (Fsp3) is 0.261. The molecule has 0 N–H and O–H groups in total. The second kappa shape index (κ2) is 8.40. The number of benzene rings is 2. The van der Waals surface area contributed by atoms with Gasteiger partial charge in [-0.05, 0) is 30.2 Å². The van der Waals surface area contributed by atoms with Crippen LogP contribution in [0.3, 0.4) is 0 Å². The van der Waals surface area contributed by atoms with Gasteiger partial charge in [0.25, 0.3) is 5.56 Å². The maximum absolute atomic E-state index is 13.0. The standard InChI is InChI=1S/C23H21ClN4O2S/c24-21-18(15-25-28(23(21)30)17-7-2-1-3-8-17)26-10-12-27(13-11-26)22(29)20-14-16-6-4-5-9-19(16)31-20/h1-9,15,20H,10-14H2. The fourth-order valence-corrected chi connectivity index (χ4v) is 5.62. The third-order valence-corrected chi connectivity index (χ3v) is 7.42. The number of carbonyl (C=O) groups excluding carboxylic acids is 1. The number of para-hydroxylation sites is 1. The number of rotatable bonds is 3. The molecule has 6 nitrogen and oxygen atoms in total. The molecule has 0 saturated carbocycles. The van der Waals surface area contributed by atoms with E-state index in [0.717, 1.165) is 6.42 Å². The van der Waals surface area contributed by atoms with E-state index in [4.69, 9.17) is 11.6 Å². The van der Waals surface area contributed by atoms with Gasteiger partial charge in [-0.25, -0.2) is 0 Å². The molecule has 31 heavy (non-hydrogen) atoms. The maximum atomic E-state index is 13.0. The highest BCUT2D eigenvalue weighted by atomic mass is 35.5. The third kappa shape index (κ3) is 3.83. The lowest BCUT2D eigenvalue weighted by atomic mass is 10.1. The van der Waals surface area contributed by atoms with Crippen LogP contribution >= 0.6 is 23.4 Å². The molecule has 5 rings (SSSR count). The zero-order chi connectivity index (χ0) is 21.4. The van der Waals surface area contributed by atoms with Gasteiger partial charge in [0.15, 0.2) is 0 Å². The molecule has 1 unspecified atom stereocenters. The van der Waals surface area contributed by atoms with E-state index in [-0.39, 0.29) is 21.7 Å². The van der Waals surface area contributed by atoms with Crippen LogP contribution in [0, 0.1) is 0 Å². The Kier molecular flexibility index (Phi) is 5.46. The minimum atomic E-state index is -0.344. The number of anilines is 1. The molecular weight excluding hydrogens is 432 g/mol. The van der Waals surface area contributed by atoms with Crippen molar-refractivity contribution in [3.63, 3.8) is 0 Å². The number of carbonyl (C=O) groups is 1. The third-order valence-electron chi connectivity index (χ3n) is 5.76. The summed E-state index contributed by atoms with van der Waals surface area (Å²) >= 11 is 8.10. The van der Waals surface area contributed by atoms with E-state index in [0.29, 0.717) is 37.6 Å². The number of nitrogens with zero attached hydrogens (tertiary/aromatic N) is 4. The minimum Gasteiger partial charge on any atom is -0.365 e. The quantitative estimate of drug-likeness (QED) is 0.610. The number of thioether (sulfide) groups is 1. The predicted molar refractivity (Wildman–Crippen MR) is 123 cm³/mol. The molecule has 8 heteroatoms. The first kappa shape index (κ1) is 20.2. The molecule has 1 atom stereocenters. The van der Waals surface area contributed by atoms with Crippen molar-refractivity contribution in [2.45, 2.75) is 16.6 Å². The molecule has 2 aliphatic rings. The zero-order valence-corrected chi connectivity index (χ0v) is 18.4. The van der Waals surface area contributed by atoms with Gasteiger partial charge in [-0.15, -0.1) is 11.8 Å². The van der Waals surface area contributed by atoms with Crippen LogP contribution in [0.15, 0.2) is 70.5 Å². The largest absolute Gasteiger partial charge is 0.365 e. The van der Waals surface area contributed by atoms with Gasteiger partial charge in [0.1, 0.15) is 5.02 Å². The van der Waals surface area contributed by atoms with E-state index in [1.165, 1.54) is 15.1 Å². The van der Waals surface area contributed by atoms with Gasteiger partial charge in [0.2, 0.25) is 5.91 Å². The average molecular weight is 453 g/mol. The Bertz CT molecular complexity index is 1150. The van der Waals surface area contributed by atoms with E-state index in [1.807, 2.05) is 52.3 Å². The number of hydrogen-bond acceptors (Lipinski definition) is 5. The summed E-state index contributed by atoms with van der Waals surface area (Å²) in [5.74, 6) is 0.185. The lowest BCUT2D eigenvalue weighted by molar-refractivity contribution is -0.130. The van der Waals surface area contributed by atoms with E-state index < -0.39 is 0 Å². The van der Waals surface area contributed by atoms with Crippen LogP contribution in [0.4, 0.5) is 5.69 Å². The highest BCUT2D eigenvalue weighted by molar-refractivity contribution is 8.01. The molecule has 158 valence electrons. The number of piperazine rings is 1. The van der Waals surface area contributed by atoms with E-state index >= 15 is 0 Å². The Morgan fingerprint density at radius 1 is 1.00 bits per heavy atom. The normalized spacial score (nSPS) is 18.2. The molecule has 1 saturated heterocycles. The van der Waals surface area contributed by atoms with Crippen molar-refractivity contribution in [2.24, 2.45) is 0 Å². The number of halogens is 1. The summed E-state index contributed by atoms with van der Waals surface area (Å²) < 4.78 is 1.31. The van der Waals surface area contributed by atoms with Crippen molar-refractivity contribution in [3.8, 4) is 5.69 Å². The Balaban J connectivity index is 1.26. The molecule has 1 aromatic heterocycles. The zero-order valence-electron chi connectivity index (χ0n) is 16.8. The van der Waals surface area contributed by atoms with Gasteiger partial charge < -0.3 is 9.80 Å². The van der Waals surface area contributed by atoms with Crippen molar-refractivity contribution in [1.82, 2.24) is 14.7 Å². The summed E-state index contributed by atoms with van der Waals surface area (Å²) in [7, 11) is 0. The highest BCUT2D eigenvalue weighted by Gasteiger charge is 2.33. The van der Waals surface area contributed by atoms with Gasteiger partial charge in [0.05, 0.1) is 22.8 Å². The molecular formula is C23H21ClN4O2S. The second-order valence-electron chi connectivity index (χ2n) is 7.63. The summed E-state index contributed by atoms with van der Waals surface area (Å²) in [6.07, 6.45) is 2.42. The number of fused-ring (bicyclic) bond motifs is 1. The number of aromatic nitrogens is 2. The Morgan fingerprint density at radius 3 is 2.45 bits per heavy atom. The van der Waals surface area contributed by atoms with Crippen LogP contribution in [0.5, 0.6) is 0 Å². The van der Waals surface area contributed by atoms with Gasteiger partial charge in [-0.1, -0.05) is 48.0 Å². The molecule has 0 spiro atoms. The van der Waals surface area contributed by atoms with Crippen molar-refractivity contribution < 1.29 is 4.79 Å². The second-order valence-corrected chi connectivity index (χ2v) is 9.25. The monoisotopic (exact) mass is 452 g/mol. The van der Waals surface area contributed by atoms with Crippen molar-refractivity contribution in [3.05, 3.63) is 81.7 Å². The predicted octanol–water partition coefficient (Wildman–Crippen LogP) is 3.25. The lowest BCUT2D eigenvalue weighted by Crippen LogP contribution is -2.51. The summed E-state index contributed by atoms with van der Waals surface area (Å²) in [6.45, 7) is 2.44. The Labute approximate surface area is 189 Å². The molecule has 0 radical (unpaired) electrons. The van der Waals surface area contributed by atoms with Crippen LogP contribution in [-0.4, -0.2) is 52.0 Å². The maximum Gasteiger partial charge on any atom is 0.292 e. The topological polar surface area (TPSA) is 58.4 Å². The Morgan fingerprint density at radius 2 is 1.71 bits per heavy atom. The highest BCUT2D eigenvalue weighted by Crippen LogP contribution is 2.37. The first-order valence-corrected chi connectivity index (χ1v) is 11.5. The Hall–Kier alpha value is -2.77. The summed E-state index contributed by atoms with van der Waals surface area (Å²) in [5, 5.41) is 4.42. The van der Waals surface area contributed by atoms with Crippen molar-refractivity contribution in [2.75, 3.05) is 31.1 Å². The molecule has 1 fully saturated rings. The smallest absolute Gasteiger partial charge is 0.292 e. The molecule has 3 aromatic rings. The molecule has 3 heterocycles.